The third-order valence-corrected chi connectivity index (χ3v) is 5.51. The van der Waals surface area contributed by atoms with Crippen LogP contribution >= 0.6 is 11.6 Å². The molecule has 6 nitrogen and oxygen atoms in total. The van der Waals surface area contributed by atoms with Gasteiger partial charge in [-0.15, -0.1) is 0 Å². The quantitative estimate of drug-likeness (QED) is 0.620. The number of rotatable bonds is 3. The van der Waals surface area contributed by atoms with Crippen LogP contribution in [0.1, 0.15) is 11.6 Å². The third kappa shape index (κ3) is 2.88. The fourth-order valence-corrected chi connectivity index (χ4v) is 4.08. The van der Waals surface area contributed by atoms with E-state index in [1.165, 1.54) is 4.90 Å². The molecule has 0 spiro atoms. The maximum atomic E-state index is 13.4. The molecule has 2 amide bonds. The number of amides is 2. The van der Waals surface area contributed by atoms with E-state index in [-0.39, 0.29) is 11.8 Å². The molecule has 2 aliphatic heterocycles. The first-order valence-electron chi connectivity index (χ1n) is 9.19. The SMILES string of the molecule is O=C1[C@H]2[C@H](ON(c3ccccc3)[C@H]2c2ccncc2)C(=O)N1c1ccc(Cl)cc1. The Bertz CT molecular complexity index is 1060. The fraction of sp³-hybridized carbons (Fsp3) is 0.136. The van der Waals surface area contributed by atoms with E-state index in [4.69, 9.17) is 16.4 Å². The number of anilines is 2. The van der Waals surface area contributed by atoms with Gasteiger partial charge in [0.05, 0.1) is 17.4 Å². The van der Waals surface area contributed by atoms with E-state index >= 15 is 0 Å². The smallest absolute Gasteiger partial charge is 0.266 e. The minimum Gasteiger partial charge on any atom is -0.273 e. The van der Waals surface area contributed by atoms with E-state index in [1.807, 2.05) is 42.5 Å². The summed E-state index contributed by atoms with van der Waals surface area (Å²) in [6.07, 6.45) is 2.45. The van der Waals surface area contributed by atoms with Gasteiger partial charge in [0, 0.05) is 17.4 Å². The van der Waals surface area contributed by atoms with Gasteiger partial charge < -0.3 is 0 Å². The topological polar surface area (TPSA) is 62.7 Å². The molecular weight excluding hydrogens is 390 g/mol. The maximum absolute atomic E-state index is 13.4. The van der Waals surface area contributed by atoms with Gasteiger partial charge in [0.15, 0.2) is 6.10 Å². The molecule has 0 bridgehead atoms. The number of pyridine rings is 1. The Morgan fingerprint density at radius 2 is 1.52 bits per heavy atom. The predicted octanol–water partition coefficient (Wildman–Crippen LogP) is 3.79. The molecule has 0 saturated carbocycles. The Kier molecular flexibility index (Phi) is 4.30. The summed E-state index contributed by atoms with van der Waals surface area (Å²) in [7, 11) is 0. The Labute approximate surface area is 172 Å². The van der Waals surface area contributed by atoms with Gasteiger partial charge in [0.1, 0.15) is 5.92 Å². The fourth-order valence-electron chi connectivity index (χ4n) is 3.96. The number of hydroxylamine groups is 1. The number of benzene rings is 2. The second-order valence-electron chi connectivity index (χ2n) is 6.93. The number of fused-ring (bicyclic) bond motifs is 1. The van der Waals surface area contributed by atoms with Gasteiger partial charge in [-0.1, -0.05) is 29.8 Å². The van der Waals surface area contributed by atoms with E-state index in [1.54, 1.807) is 41.7 Å². The summed E-state index contributed by atoms with van der Waals surface area (Å²) in [5.74, 6) is -1.33. The lowest BCUT2D eigenvalue weighted by atomic mass is 9.91. The zero-order valence-corrected chi connectivity index (χ0v) is 15.9. The average molecular weight is 406 g/mol. The van der Waals surface area contributed by atoms with Crippen molar-refractivity contribution in [3.05, 3.63) is 89.7 Å². The highest BCUT2D eigenvalue weighted by Gasteiger charge is 2.60. The largest absolute Gasteiger partial charge is 0.273 e. The van der Waals surface area contributed by atoms with Crippen molar-refractivity contribution in [1.82, 2.24) is 4.98 Å². The highest BCUT2D eigenvalue weighted by molar-refractivity contribution is 6.31. The summed E-state index contributed by atoms with van der Waals surface area (Å²) < 4.78 is 0. The molecule has 2 saturated heterocycles. The Morgan fingerprint density at radius 1 is 0.828 bits per heavy atom. The van der Waals surface area contributed by atoms with Crippen LogP contribution in [0.25, 0.3) is 0 Å². The van der Waals surface area contributed by atoms with Crippen molar-refractivity contribution in [2.45, 2.75) is 12.1 Å². The zero-order valence-electron chi connectivity index (χ0n) is 15.2. The summed E-state index contributed by atoms with van der Waals surface area (Å²) in [6, 6.07) is 19.3. The highest BCUT2D eigenvalue weighted by atomic mass is 35.5. The average Bonchev–Trinajstić information content (AvgIpc) is 3.27. The normalized spacial score (nSPS) is 23.6. The van der Waals surface area contributed by atoms with Gasteiger partial charge in [0.2, 0.25) is 5.91 Å². The summed E-state index contributed by atoms with van der Waals surface area (Å²) >= 11 is 5.95. The number of hydrogen-bond acceptors (Lipinski definition) is 5. The summed E-state index contributed by atoms with van der Waals surface area (Å²) in [5, 5.41) is 2.20. The first kappa shape index (κ1) is 17.8. The number of nitrogens with zero attached hydrogens (tertiary/aromatic N) is 3. The maximum Gasteiger partial charge on any atom is 0.266 e. The number of carbonyl (C=O) groups is 2. The van der Waals surface area contributed by atoms with Crippen molar-refractivity contribution < 1.29 is 14.4 Å². The molecular formula is C22H16ClN3O3. The lowest BCUT2D eigenvalue weighted by Crippen LogP contribution is -2.37. The Balaban J connectivity index is 1.58. The van der Waals surface area contributed by atoms with Crippen LogP contribution in [0.2, 0.25) is 5.02 Å². The van der Waals surface area contributed by atoms with Gasteiger partial charge in [-0.2, -0.15) is 0 Å². The number of halogens is 1. The molecule has 3 heterocycles. The van der Waals surface area contributed by atoms with Crippen LogP contribution in [0.3, 0.4) is 0 Å². The molecule has 144 valence electrons. The van der Waals surface area contributed by atoms with E-state index in [0.717, 1.165) is 11.3 Å². The van der Waals surface area contributed by atoms with E-state index in [9.17, 15) is 9.59 Å². The standard InChI is InChI=1S/C22H16ClN3O3/c23-15-6-8-16(9-7-15)25-21(27)18-19(14-10-12-24-13-11-14)26(29-20(18)22(25)28)17-4-2-1-3-5-17/h1-13,18-20H/t18-,19+,20+/m1/s1. The first-order chi connectivity index (χ1) is 14.1. The first-order valence-corrected chi connectivity index (χ1v) is 9.57. The third-order valence-electron chi connectivity index (χ3n) is 5.26. The zero-order chi connectivity index (χ0) is 20.0. The van der Waals surface area contributed by atoms with Crippen molar-refractivity contribution in [3.63, 3.8) is 0 Å². The molecule has 0 unspecified atom stereocenters. The van der Waals surface area contributed by atoms with Gasteiger partial charge >= 0.3 is 0 Å². The molecule has 7 heteroatoms. The summed E-state index contributed by atoms with van der Waals surface area (Å²) in [4.78, 5) is 37.9. The summed E-state index contributed by atoms with van der Waals surface area (Å²) in [5.41, 5.74) is 2.12. The molecule has 2 aromatic carbocycles. The van der Waals surface area contributed by atoms with Crippen molar-refractivity contribution >= 4 is 34.8 Å². The molecule has 0 aliphatic carbocycles. The van der Waals surface area contributed by atoms with Gasteiger partial charge in [-0.3, -0.25) is 19.4 Å². The molecule has 3 aromatic rings. The van der Waals surface area contributed by atoms with E-state index in [0.29, 0.717) is 10.7 Å². The highest BCUT2D eigenvalue weighted by Crippen LogP contribution is 2.47. The van der Waals surface area contributed by atoms with Crippen molar-refractivity contribution in [1.29, 1.82) is 0 Å². The molecule has 0 N–H and O–H groups in total. The number of para-hydroxylation sites is 1. The van der Waals surface area contributed by atoms with Crippen LogP contribution in [0.5, 0.6) is 0 Å². The second kappa shape index (κ2) is 6.99. The van der Waals surface area contributed by atoms with Crippen LogP contribution in [0, 0.1) is 5.92 Å². The molecule has 3 atom stereocenters. The number of aromatic nitrogens is 1. The molecule has 0 radical (unpaired) electrons. The lowest BCUT2D eigenvalue weighted by molar-refractivity contribution is -0.126. The van der Waals surface area contributed by atoms with Gasteiger partial charge in [0.25, 0.3) is 5.91 Å². The van der Waals surface area contributed by atoms with Crippen LogP contribution in [0.15, 0.2) is 79.1 Å². The van der Waals surface area contributed by atoms with E-state index in [2.05, 4.69) is 4.98 Å². The predicted molar refractivity (Wildman–Crippen MR) is 108 cm³/mol. The van der Waals surface area contributed by atoms with Gasteiger partial charge in [-0.05, 0) is 54.1 Å². The lowest BCUT2D eigenvalue weighted by Gasteiger charge is -2.28. The van der Waals surface area contributed by atoms with Crippen LogP contribution in [-0.4, -0.2) is 22.9 Å². The molecule has 29 heavy (non-hydrogen) atoms. The monoisotopic (exact) mass is 405 g/mol. The summed E-state index contributed by atoms with van der Waals surface area (Å²) in [6.45, 7) is 0. The van der Waals surface area contributed by atoms with E-state index < -0.39 is 18.1 Å². The van der Waals surface area contributed by atoms with Crippen LogP contribution in [0.4, 0.5) is 11.4 Å². The number of imide groups is 1. The molecule has 2 fully saturated rings. The van der Waals surface area contributed by atoms with Crippen molar-refractivity contribution in [3.8, 4) is 0 Å². The van der Waals surface area contributed by atoms with Crippen LogP contribution < -0.4 is 9.96 Å². The minimum atomic E-state index is -0.892. The molecule has 5 rings (SSSR count). The van der Waals surface area contributed by atoms with Gasteiger partial charge in [-0.25, -0.2) is 9.96 Å². The Morgan fingerprint density at radius 3 is 2.21 bits per heavy atom. The molecule has 1 aromatic heterocycles. The second-order valence-corrected chi connectivity index (χ2v) is 7.36. The number of hydrogen-bond donors (Lipinski definition) is 0. The Hall–Kier alpha value is -3.22. The van der Waals surface area contributed by atoms with Crippen molar-refractivity contribution in [2.75, 3.05) is 9.96 Å². The van der Waals surface area contributed by atoms with Crippen molar-refractivity contribution in [2.24, 2.45) is 5.92 Å². The number of carbonyl (C=O) groups excluding carboxylic acids is 2. The minimum absolute atomic E-state index is 0.289. The van der Waals surface area contributed by atoms with Crippen LogP contribution in [-0.2, 0) is 14.4 Å². The molecule has 2 aliphatic rings.